The molecule has 0 fully saturated rings. The van der Waals surface area contributed by atoms with Gasteiger partial charge in [-0.1, -0.05) is 23.7 Å². The van der Waals surface area contributed by atoms with E-state index in [1.807, 2.05) is 12.1 Å². The number of nitrogens with zero attached hydrogens (tertiary/aromatic N) is 2. The van der Waals surface area contributed by atoms with Crippen molar-refractivity contribution in [1.29, 1.82) is 0 Å². The lowest BCUT2D eigenvalue weighted by atomic mass is 10.1. The quantitative estimate of drug-likeness (QED) is 0.410. The molecule has 2 aromatic carbocycles. The number of carbonyl (C=O) groups is 1. The van der Waals surface area contributed by atoms with Crippen LogP contribution < -0.4 is 10.6 Å². The molecule has 0 spiro atoms. The molecular weight excluding hydrogens is 408 g/mol. The monoisotopic (exact) mass is 424 g/mol. The van der Waals surface area contributed by atoms with E-state index in [1.54, 1.807) is 42.7 Å². The zero-order valence-corrected chi connectivity index (χ0v) is 16.6. The van der Waals surface area contributed by atoms with Crippen molar-refractivity contribution in [1.82, 2.24) is 9.97 Å². The van der Waals surface area contributed by atoms with Crippen molar-refractivity contribution >= 4 is 34.9 Å². The molecule has 2 aromatic heterocycles. The van der Waals surface area contributed by atoms with Gasteiger partial charge in [-0.2, -0.15) is 0 Å². The second-order valence-electron chi connectivity index (χ2n) is 6.43. The Morgan fingerprint density at radius 1 is 1.13 bits per heavy atom. The molecule has 1 amide bonds. The topological polar surface area (TPSA) is 113 Å². The molecule has 0 aliphatic heterocycles. The molecule has 4 aromatic rings. The van der Waals surface area contributed by atoms with Crippen molar-refractivity contribution in [2.45, 2.75) is 13.0 Å². The molecule has 3 N–H and O–H groups in total. The predicted octanol–water partition coefficient (Wildman–Crippen LogP) is 4.71. The number of para-hydroxylation sites is 1. The second-order valence-corrected chi connectivity index (χ2v) is 6.83. The summed E-state index contributed by atoms with van der Waals surface area (Å²) in [5.41, 5.74) is 2.53. The number of hydrogen-bond donors (Lipinski definition) is 3. The van der Waals surface area contributed by atoms with Gasteiger partial charge in [0, 0.05) is 16.8 Å². The Labute approximate surface area is 176 Å². The average Bonchev–Trinajstić information content (AvgIpc) is 3.41. The van der Waals surface area contributed by atoms with Crippen molar-refractivity contribution in [3.05, 3.63) is 66.3 Å². The van der Waals surface area contributed by atoms with Crippen LogP contribution in [0.3, 0.4) is 0 Å². The zero-order chi connectivity index (χ0) is 21.1. The highest BCUT2D eigenvalue weighted by Gasteiger charge is 2.15. The van der Waals surface area contributed by atoms with E-state index in [9.17, 15) is 9.90 Å². The van der Waals surface area contributed by atoms with Crippen LogP contribution in [0.2, 0.25) is 5.02 Å². The van der Waals surface area contributed by atoms with Crippen molar-refractivity contribution in [3.63, 3.8) is 0 Å². The highest BCUT2D eigenvalue weighted by molar-refractivity contribution is 6.33. The van der Waals surface area contributed by atoms with Crippen LogP contribution in [0.25, 0.3) is 22.6 Å². The Morgan fingerprint density at radius 2 is 1.97 bits per heavy atom. The fourth-order valence-corrected chi connectivity index (χ4v) is 3.04. The maximum Gasteiger partial charge on any atom is 0.299 e. The van der Waals surface area contributed by atoms with Gasteiger partial charge in [-0.3, -0.25) is 4.79 Å². The number of halogens is 1. The molecule has 0 radical (unpaired) electrons. The number of nitrogens with one attached hydrogen (secondary N) is 2. The Balaban J connectivity index is 1.54. The number of hydrogen-bond acceptors (Lipinski definition) is 7. The summed E-state index contributed by atoms with van der Waals surface area (Å²) >= 11 is 6.34. The largest absolute Gasteiger partial charge is 0.443 e. The van der Waals surface area contributed by atoms with Gasteiger partial charge in [0.1, 0.15) is 6.10 Å². The minimum atomic E-state index is -1.13. The number of aliphatic hydroxyl groups is 1. The lowest BCUT2D eigenvalue weighted by Crippen LogP contribution is -2.24. The molecule has 30 heavy (non-hydrogen) atoms. The fraction of sp³-hybridized carbons (Fsp3) is 0.0952. The smallest absolute Gasteiger partial charge is 0.299 e. The molecule has 2 heterocycles. The molecule has 4 rings (SSSR count). The third kappa shape index (κ3) is 4.19. The molecule has 1 atom stereocenters. The van der Waals surface area contributed by atoms with Gasteiger partial charge in [-0.15, -0.1) is 0 Å². The van der Waals surface area contributed by atoms with E-state index in [1.165, 1.54) is 13.3 Å². The van der Waals surface area contributed by atoms with Gasteiger partial charge in [0.25, 0.3) is 11.9 Å². The van der Waals surface area contributed by atoms with E-state index in [-0.39, 0.29) is 6.01 Å². The van der Waals surface area contributed by atoms with Crippen LogP contribution in [0.15, 0.2) is 70.1 Å². The molecule has 0 aliphatic carbocycles. The number of anilines is 3. The van der Waals surface area contributed by atoms with Crippen LogP contribution in [0.5, 0.6) is 0 Å². The SMILES string of the molecule is CC(O)C(=O)Nc1ccccc1-c1cnc(Nc2ccc(-c3cnco3)c(Cl)c2)o1. The third-order valence-corrected chi connectivity index (χ3v) is 4.57. The summed E-state index contributed by atoms with van der Waals surface area (Å²) in [6.45, 7) is 1.40. The first-order valence-electron chi connectivity index (χ1n) is 9.01. The normalized spacial score (nSPS) is 11.8. The van der Waals surface area contributed by atoms with Crippen molar-refractivity contribution in [2.75, 3.05) is 10.6 Å². The first-order chi connectivity index (χ1) is 14.5. The van der Waals surface area contributed by atoms with E-state index in [4.69, 9.17) is 20.4 Å². The zero-order valence-electron chi connectivity index (χ0n) is 15.8. The lowest BCUT2D eigenvalue weighted by molar-refractivity contribution is -0.123. The molecular formula is C21H17ClN4O4. The number of rotatable bonds is 6. The summed E-state index contributed by atoms with van der Waals surface area (Å²) in [4.78, 5) is 20.0. The lowest BCUT2D eigenvalue weighted by Gasteiger charge is -2.10. The highest BCUT2D eigenvalue weighted by Crippen LogP contribution is 2.33. The highest BCUT2D eigenvalue weighted by atomic mass is 35.5. The van der Waals surface area contributed by atoms with Crippen molar-refractivity contribution in [3.8, 4) is 22.6 Å². The number of aromatic nitrogens is 2. The summed E-state index contributed by atoms with van der Waals surface area (Å²) in [5, 5.41) is 15.6. The van der Waals surface area contributed by atoms with Crippen molar-refractivity contribution in [2.24, 2.45) is 0 Å². The minimum absolute atomic E-state index is 0.255. The summed E-state index contributed by atoms with van der Waals surface area (Å²) in [7, 11) is 0. The van der Waals surface area contributed by atoms with Gasteiger partial charge in [0.15, 0.2) is 17.9 Å². The minimum Gasteiger partial charge on any atom is -0.443 e. The van der Waals surface area contributed by atoms with Crippen molar-refractivity contribution < 1.29 is 18.7 Å². The van der Waals surface area contributed by atoms with Crippen LogP contribution in [-0.4, -0.2) is 27.1 Å². The number of oxazole rings is 2. The van der Waals surface area contributed by atoms with Crippen LogP contribution in [-0.2, 0) is 4.79 Å². The standard InChI is InChI=1S/C21H17ClN4O4/c1-12(27)20(28)26-17-5-3-2-4-15(17)19-10-24-21(30-19)25-13-6-7-14(16(22)8-13)18-9-23-11-29-18/h2-12,27H,1H3,(H,24,25)(H,26,28). The number of carbonyl (C=O) groups excluding carboxylic acids is 1. The van der Waals surface area contributed by atoms with E-state index >= 15 is 0 Å². The average molecular weight is 425 g/mol. The summed E-state index contributed by atoms with van der Waals surface area (Å²) in [6, 6.07) is 12.7. The summed E-state index contributed by atoms with van der Waals surface area (Å²) in [5.74, 6) is 0.506. The fourth-order valence-electron chi connectivity index (χ4n) is 2.77. The molecule has 0 saturated carbocycles. The Bertz CT molecular complexity index is 1170. The van der Waals surface area contributed by atoms with E-state index in [0.717, 1.165) is 5.56 Å². The van der Waals surface area contributed by atoms with Gasteiger partial charge >= 0.3 is 0 Å². The van der Waals surface area contributed by atoms with Gasteiger partial charge < -0.3 is 24.6 Å². The first-order valence-corrected chi connectivity index (χ1v) is 9.38. The van der Waals surface area contributed by atoms with Gasteiger partial charge in [-0.05, 0) is 37.3 Å². The van der Waals surface area contributed by atoms with Crippen LogP contribution in [0, 0.1) is 0 Å². The maximum atomic E-state index is 11.8. The molecule has 0 saturated heterocycles. The molecule has 152 valence electrons. The molecule has 8 nitrogen and oxygen atoms in total. The van der Waals surface area contributed by atoms with Crippen LogP contribution in [0.1, 0.15) is 6.92 Å². The summed E-state index contributed by atoms with van der Waals surface area (Å²) < 4.78 is 11.1. The predicted molar refractivity (Wildman–Crippen MR) is 112 cm³/mol. The summed E-state index contributed by atoms with van der Waals surface area (Å²) in [6.07, 6.45) is 3.34. The second kappa shape index (κ2) is 8.40. The Hall–Kier alpha value is -3.62. The molecule has 0 bridgehead atoms. The maximum absolute atomic E-state index is 11.8. The van der Waals surface area contributed by atoms with Gasteiger partial charge in [0.05, 0.1) is 23.1 Å². The van der Waals surface area contributed by atoms with Gasteiger partial charge in [-0.25, -0.2) is 9.97 Å². The van der Waals surface area contributed by atoms with Crippen LogP contribution in [0.4, 0.5) is 17.4 Å². The van der Waals surface area contributed by atoms with E-state index in [0.29, 0.717) is 33.5 Å². The Morgan fingerprint density at radius 3 is 2.70 bits per heavy atom. The Kier molecular flexibility index (Phi) is 5.51. The first kappa shape index (κ1) is 19.7. The molecule has 9 heteroatoms. The number of aliphatic hydroxyl groups excluding tert-OH is 1. The van der Waals surface area contributed by atoms with Gasteiger partial charge in [0.2, 0.25) is 0 Å². The number of amides is 1. The third-order valence-electron chi connectivity index (χ3n) is 4.25. The molecule has 0 aliphatic rings. The molecule has 1 unspecified atom stereocenters. The van der Waals surface area contributed by atoms with Crippen LogP contribution >= 0.6 is 11.6 Å². The van der Waals surface area contributed by atoms with E-state index < -0.39 is 12.0 Å². The van der Waals surface area contributed by atoms with E-state index in [2.05, 4.69) is 20.6 Å². The number of benzene rings is 2.